The van der Waals surface area contributed by atoms with E-state index in [0.29, 0.717) is 23.4 Å². The van der Waals surface area contributed by atoms with Crippen molar-refractivity contribution in [2.24, 2.45) is 0 Å². The lowest BCUT2D eigenvalue weighted by atomic mass is 9.93. The summed E-state index contributed by atoms with van der Waals surface area (Å²) in [5.41, 5.74) is 4.52. The van der Waals surface area contributed by atoms with Gasteiger partial charge in [0.2, 0.25) is 0 Å². The van der Waals surface area contributed by atoms with E-state index in [2.05, 4.69) is 4.98 Å². The maximum absolute atomic E-state index is 13.4. The van der Waals surface area contributed by atoms with Crippen molar-refractivity contribution in [1.82, 2.24) is 4.98 Å². The van der Waals surface area contributed by atoms with Crippen LogP contribution in [0.4, 0.5) is 5.69 Å². The molecule has 3 aromatic rings. The second-order valence-corrected chi connectivity index (χ2v) is 9.09. The Hall–Kier alpha value is -3.93. The quantitative estimate of drug-likeness (QED) is 0.278. The molecule has 0 radical (unpaired) electrons. The number of rotatable bonds is 6. The molecule has 6 nitrogen and oxygen atoms in total. The van der Waals surface area contributed by atoms with Crippen molar-refractivity contribution in [2.75, 3.05) is 11.5 Å². The van der Waals surface area contributed by atoms with Gasteiger partial charge in [-0.2, -0.15) is 0 Å². The topological polar surface area (TPSA) is 79.7 Å². The number of Topliss-reactive ketones (excluding diaryl/α,β-unsaturated/α-hetero) is 1. The number of carbonyl (C=O) groups is 2. The zero-order valence-corrected chi connectivity index (χ0v) is 20.7. The summed E-state index contributed by atoms with van der Waals surface area (Å²) in [6.45, 7) is 10.4. The summed E-state index contributed by atoms with van der Waals surface area (Å²) < 4.78 is 5.75. The fraction of sp³-hybridized carbons (Fsp3) is 0.276. The van der Waals surface area contributed by atoms with E-state index in [9.17, 15) is 14.7 Å². The van der Waals surface area contributed by atoms with Crippen LogP contribution in [0, 0.1) is 13.8 Å². The smallest absolute Gasteiger partial charge is 0.300 e. The number of ether oxygens (including phenoxy) is 1. The molecule has 1 saturated heterocycles. The van der Waals surface area contributed by atoms with Gasteiger partial charge in [0.15, 0.2) is 0 Å². The maximum atomic E-state index is 13.4. The van der Waals surface area contributed by atoms with Crippen LogP contribution in [0.3, 0.4) is 0 Å². The average Bonchev–Trinajstić information content (AvgIpc) is 3.11. The highest BCUT2D eigenvalue weighted by Gasteiger charge is 2.47. The summed E-state index contributed by atoms with van der Waals surface area (Å²) >= 11 is 0. The molecule has 1 aliphatic heterocycles. The molecule has 1 aromatic heterocycles. The van der Waals surface area contributed by atoms with Crippen LogP contribution in [0.1, 0.15) is 60.5 Å². The van der Waals surface area contributed by atoms with E-state index in [1.54, 1.807) is 30.6 Å². The Morgan fingerprint density at radius 2 is 1.89 bits per heavy atom. The number of pyridine rings is 1. The Labute approximate surface area is 205 Å². The lowest BCUT2D eigenvalue weighted by Gasteiger charge is -2.27. The normalized spacial score (nSPS) is 17.3. The van der Waals surface area contributed by atoms with Crippen LogP contribution in [0.25, 0.3) is 5.76 Å². The molecule has 1 unspecified atom stereocenters. The van der Waals surface area contributed by atoms with Crippen molar-refractivity contribution < 1.29 is 19.4 Å². The average molecular weight is 471 g/mol. The summed E-state index contributed by atoms with van der Waals surface area (Å²) in [7, 11) is 0. The van der Waals surface area contributed by atoms with Crippen LogP contribution >= 0.6 is 0 Å². The molecule has 35 heavy (non-hydrogen) atoms. The molecule has 2 heterocycles. The fourth-order valence-electron chi connectivity index (χ4n) is 4.50. The third-order valence-corrected chi connectivity index (χ3v) is 6.27. The molecule has 1 aliphatic rings. The van der Waals surface area contributed by atoms with Crippen LogP contribution in [-0.4, -0.2) is 28.4 Å². The minimum Gasteiger partial charge on any atom is -0.507 e. The van der Waals surface area contributed by atoms with Crippen LogP contribution in [-0.2, 0) is 9.59 Å². The maximum Gasteiger partial charge on any atom is 0.300 e. The summed E-state index contributed by atoms with van der Waals surface area (Å²) in [6, 6.07) is 13.9. The molecule has 1 amide bonds. The third-order valence-electron chi connectivity index (χ3n) is 6.27. The Bertz CT molecular complexity index is 1310. The standard InChI is InChI=1S/C29H30N2O4/c1-6-35-24-12-11-20(15-22(24)17(2)3)27(32)25-26(21-8-7-13-30-16-21)31(29(34)28(25)33)23-14-18(4)9-10-19(23)5/h7-17,26,32H,6H2,1-5H3/b27-25-. The van der Waals surface area contributed by atoms with Gasteiger partial charge in [0, 0.05) is 23.6 Å². The zero-order valence-electron chi connectivity index (χ0n) is 20.7. The Morgan fingerprint density at radius 3 is 2.54 bits per heavy atom. The second kappa shape index (κ2) is 9.74. The van der Waals surface area contributed by atoms with Crippen molar-refractivity contribution in [1.29, 1.82) is 0 Å². The number of ketones is 1. The van der Waals surface area contributed by atoms with E-state index in [-0.39, 0.29) is 17.3 Å². The molecule has 0 spiro atoms. The van der Waals surface area contributed by atoms with E-state index in [4.69, 9.17) is 4.74 Å². The van der Waals surface area contributed by atoms with Gasteiger partial charge in [0.1, 0.15) is 11.5 Å². The van der Waals surface area contributed by atoms with E-state index >= 15 is 0 Å². The monoisotopic (exact) mass is 470 g/mol. The number of nitrogens with zero attached hydrogens (tertiary/aromatic N) is 2. The third kappa shape index (κ3) is 4.44. The molecule has 180 valence electrons. The van der Waals surface area contributed by atoms with Crippen molar-refractivity contribution in [3.05, 3.63) is 94.3 Å². The first kappa shape index (κ1) is 24.2. The molecule has 0 bridgehead atoms. The first-order chi connectivity index (χ1) is 16.7. The van der Waals surface area contributed by atoms with E-state index < -0.39 is 17.7 Å². The summed E-state index contributed by atoms with van der Waals surface area (Å²) in [5.74, 6) is -0.745. The van der Waals surface area contributed by atoms with Gasteiger partial charge in [-0.15, -0.1) is 0 Å². The Balaban J connectivity index is 1.95. The van der Waals surface area contributed by atoms with Crippen molar-refractivity contribution in [3.63, 3.8) is 0 Å². The van der Waals surface area contributed by atoms with Gasteiger partial charge in [-0.25, -0.2) is 0 Å². The number of benzene rings is 2. The molecule has 6 heteroatoms. The number of aliphatic hydroxyl groups is 1. The molecule has 2 aromatic carbocycles. The molecular weight excluding hydrogens is 440 g/mol. The largest absolute Gasteiger partial charge is 0.507 e. The minimum atomic E-state index is -0.807. The number of aryl methyl sites for hydroxylation is 2. The van der Waals surface area contributed by atoms with Gasteiger partial charge in [-0.3, -0.25) is 19.5 Å². The highest BCUT2D eigenvalue weighted by Crippen LogP contribution is 2.43. The predicted molar refractivity (Wildman–Crippen MR) is 137 cm³/mol. The molecule has 4 rings (SSSR count). The van der Waals surface area contributed by atoms with Crippen LogP contribution < -0.4 is 9.64 Å². The minimum absolute atomic E-state index is 0.0442. The second-order valence-electron chi connectivity index (χ2n) is 9.09. The Kier molecular flexibility index (Phi) is 6.74. The number of hydrogen-bond donors (Lipinski definition) is 1. The van der Waals surface area contributed by atoms with Gasteiger partial charge in [0.25, 0.3) is 11.7 Å². The SMILES string of the molecule is CCOc1ccc(/C(O)=C2/C(=O)C(=O)N(c3cc(C)ccc3C)C2c2cccnc2)cc1C(C)C. The van der Waals surface area contributed by atoms with Crippen LogP contribution in [0.2, 0.25) is 0 Å². The van der Waals surface area contributed by atoms with E-state index in [0.717, 1.165) is 22.4 Å². The molecule has 1 atom stereocenters. The number of carbonyl (C=O) groups excluding carboxylic acids is 2. The van der Waals surface area contributed by atoms with E-state index in [1.165, 1.54) is 4.90 Å². The van der Waals surface area contributed by atoms with Gasteiger partial charge >= 0.3 is 0 Å². The van der Waals surface area contributed by atoms with Crippen molar-refractivity contribution in [3.8, 4) is 5.75 Å². The van der Waals surface area contributed by atoms with Gasteiger partial charge in [-0.1, -0.05) is 32.0 Å². The van der Waals surface area contributed by atoms with E-state index in [1.807, 2.05) is 65.0 Å². The first-order valence-corrected chi connectivity index (χ1v) is 11.8. The summed E-state index contributed by atoms with van der Waals surface area (Å²) in [6.07, 6.45) is 3.26. The van der Waals surface area contributed by atoms with Crippen LogP contribution in [0.5, 0.6) is 5.75 Å². The number of amides is 1. The lowest BCUT2D eigenvalue weighted by Crippen LogP contribution is -2.30. The molecule has 0 aliphatic carbocycles. The predicted octanol–water partition coefficient (Wildman–Crippen LogP) is 5.85. The molecular formula is C29H30N2O4. The summed E-state index contributed by atoms with van der Waals surface area (Å²) in [5, 5.41) is 11.5. The Morgan fingerprint density at radius 1 is 1.11 bits per heavy atom. The number of anilines is 1. The van der Waals surface area contributed by atoms with Crippen molar-refractivity contribution >= 4 is 23.1 Å². The first-order valence-electron chi connectivity index (χ1n) is 11.8. The fourth-order valence-corrected chi connectivity index (χ4v) is 4.50. The highest BCUT2D eigenvalue weighted by atomic mass is 16.5. The summed E-state index contributed by atoms with van der Waals surface area (Å²) in [4.78, 5) is 32.5. The van der Waals surface area contributed by atoms with Gasteiger partial charge in [0.05, 0.1) is 18.2 Å². The van der Waals surface area contributed by atoms with Gasteiger partial charge in [-0.05, 0) is 79.3 Å². The zero-order chi connectivity index (χ0) is 25.3. The van der Waals surface area contributed by atoms with Crippen LogP contribution in [0.15, 0.2) is 66.5 Å². The number of aliphatic hydroxyl groups excluding tert-OH is 1. The number of hydrogen-bond acceptors (Lipinski definition) is 5. The molecule has 1 N–H and O–H groups in total. The molecule has 0 saturated carbocycles. The van der Waals surface area contributed by atoms with Crippen molar-refractivity contribution in [2.45, 2.75) is 46.6 Å². The molecule has 1 fully saturated rings. The highest BCUT2D eigenvalue weighted by molar-refractivity contribution is 6.51. The lowest BCUT2D eigenvalue weighted by molar-refractivity contribution is -0.132. The number of aromatic nitrogens is 1. The van der Waals surface area contributed by atoms with Gasteiger partial charge < -0.3 is 9.84 Å².